The van der Waals surface area contributed by atoms with Gasteiger partial charge >= 0.3 is 0 Å². The van der Waals surface area contributed by atoms with Crippen molar-refractivity contribution < 1.29 is 4.79 Å². The van der Waals surface area contributed by atoms with Crippen LogP contribution in [-0.4, -0.2) is 46.1 Å². The lowest BCUT2D eigenvalue weighted by atomic mass is 10.2. The molecule has 25 heavy (non-hydrogen) atoms. The number of carbonyl (C=O) groups is 1. The molecule has 2 rings (SSSR count). The highest BCUT2D eigenvalue weighted by Gasteiger charge is 2.14. The summed E-state index contributed by atoms with van der Waals surface area (Å²) >= 11 is 1.42. The summed E-state index contributed by atoms with van der Waals surface area (Å²) in [5.74, 6) is 1.21. The van der Waals surface area contributed by atoms with Crippen LogP contribution in [0.2, 0.25) is 0 Å². The predicted octanol–water partition coefficient (Wildman–Crippen LogP) is 3.04. The quantitative estimate of drug-likeness (QED) is 0.696. The average Bonchev–Trinajstić information content (AvgIpc) is 3.05. The molecule has 2 aromatic rings. The van der Waals surface area contributed by atoms with Crippen LogP contribution >= 0.6 is 11.8 Å². The van der Waals surface area contributed by atoms with Crippen molar-refractivity contribution in [3.63, 3.8) is 0 Å². The van der Waals surface area contributed by atoms with Crippen LogP contribution in [-0.2, 0) is 11.3 Å². The molecule has 0 fully saturated rings. The van der Waals surface area contributed by atoms with Crippen molar-refractivity contribution in [1.82, 2.24) is 20.1 Å². The molecule has 0 aliphatic rings. The van der Waals surface area contributed by atoms with Gasteiger partial charge in [-0.15, -0.1) is 10.2 Å². The Morgan fingerprint density at radius 2 is 1.80 bits per heavy atom. The van der Waals surface area contributed by atoms with E-state index in [2.05, 4.69) is 70.0 Å². The minimum absolute atomic E-state index is 0.0169. The fourth-order valence-electron chi connectivity index (χ4n) is 2.68. The molecule has 0 saturated carbocycles. The molecule has 6 nitrogen and oxygen atoms in total. The highest BCUT2D eigenvalue weighted by Crippen LogP contribution is 2.26. The minimum Gasteiger partial charge on any atom is -0.372 e. The molecular weight excluding hydrogens is 334 g/mol. The molecule has 0 bridgehead atoms. The van der Waals surface area contributed by atoms with Gasteiger partial charge < -0.3 is 14.8 Å². The molecule has 136 valence electrons. The Bertz CT molecular complexity index is 679. The van der Waals surface area contributed by atoms with E-state index in [1.165, 1.54) is 17.4 Å². The summed E-state index contributed by atoms with van der Waals surface area (Å²) in [4.78, 5) is 14.0. The SMILES string of the molecule is CCNC(=O)CSc1nnc(-c2ccc(N(CC)CC)cc2)n1CC. The van der Waals surface area contributed by atoms with E-state index in [9.17, 15) is 4.79 Å². The van der Waals surface area contributed by atoms with Crippen LogP contribution in [0, 0.1) is 0 Å². The number of thioether (sulfide) groups is 1. The zero-order valence-electron chi connectivity index (χ0n) is 15.5. The first-order valence-electron chi connectivity index (χ1n) is 8.82. The Hall–Kier alpha value is -2.02. The van der Waals surface area contributed by atoms with Crippen LogP contribution in [0.5, 0.6) is 0 Å². The summed E-state index contributed by atoms with van der Waals surface area (Å²) in [6.07, 6.45) is 0. The number of carbonyl (C=O) groups excluding carboxylic acids is 1. The first-order valence-corrected chi connectivity index (χ1v) is 9.81. The standard InChI is InChI=1S/C18H27N5OS/c1-5-19-16(24)13-25-18-21-20-17(23(18)8-4)14-9-11-15(12-10-14)22(6-2)7-3/h9-12H,5-8,13H2,1-4H3,(H,19,24). The molecule has 0 atom stereocenters. The lowest BCUT2D eigenvalue weighted by molar-refractivity contribution is -0.118. The van der Waals surface area contributed by atoms with Gasteiger partial charge in [0.15, 0.2) is 11.0 Å². The van der Waals surface area contributed by atoms with Gasteiger partial charge in [0.25, 0.3) is 0 Å². The van der Waals surface area contributed by atoms with Crippen LogP contribution in [0.3, 0.4) is 0 Å². The molecule has 0 aliphatic carbocycles. The van der Waals surface area contributed by atoms with Crippen LogP contribution in [0.4, 0.5) is 5.69 Å². The predicted molar refractivity (Wildman–Crippen MR) is 104 cm³/mol. The third-order valence-corrected chi connectivity index (χ3v) is 4.96. The highest BCUT2D eigenvalue weighted by molar-refractivity contribution is 7.99. The van der Waals surface area contributed by atoms with Crippen molar-refractivity contribution in [2.24, 2.45) is 0 Å². The first kappa shape index (κ1) is 19.3. The van der Waals surface area contributed by atoms with Gasteiger partial charge in [-0.2, -0.15) is 0 Å². The Morgan fingerprint density at radius 1 is 1.12 bits per heavy atom. The number of hydrogen-bond acceptors (Lipinski definition) is 5. The normalized spacial score (nSPS) is 10.7. The van der Waals surface area contributed by atoms with E-state index in [-0.39, 0.29) is 5.91 Å². The van der Waals surface area contributed by atoms with E-state index in [0.29, 0.717) is 12.3 Å². The molecule has 0 aliphatic heterocycles. The Balaban J connectivity index is 2.18. The second kappa shape index (κ2) is 9.46. The van der Waals surface area contributed by atoms with E-state index in [1.54, 1.807) is 0 Å². The average molecular weight is 362 g/mol. The lowest BCUT2D eigenvalue weighted by Crippen LogP contribution is -2.24. The van der Waals surface area contributed by atoms with E-state index in [1.807, 2.05) is 6.92 Å². The number of hydrogen-bond donors (Lipinski definition) is 1. The topological polar surface area (TPSA) is 63.1 Å². The van der Waals surface area contributed by atoms with Crippen LogP contribution < -0.4 is 10.2 Å². The smallest absolute Gasteiger partial charge is 0.230 e. The number of nitrogens with one attached hydrogen (secondary N) is 1. The first-order chi connectivity index (χ1) is 12.1. The summed E-state index contributed by atoms with van der Waals surface area (Å²) in [6.45, 7) is 11.7. The summed E-state index contributed by atoms with van der Waals surface area (Å²) in [7, 11) is 0. The zero-order chi connectivity index (χ0) is 18.2. The molecule has 7 heteroatoms. The number of aromatic nitrogens is 3. The van der Waals surface area contributed by atoms with Crippen LogP contribution in [0.15, 0.2) is 29.4 Å². The maximum Gasteiger partial charge on any atom is 0.230 e. The zero-order valence-corrected chi connectivity index (χ0v) is 16.3. The highest BCUT2D eigenvalue weighted by atomic mass is 32.2. The number of benzene rings is 1. The molecule has 0 saturated heterocycles. The molecule has 1 aromatic carbocycles. The molecule has 1 heterocycles. The molecule has 1 aromatic heterocycles. The van der Waals surface area contributed by atoms with E-state index >= 15 is 0 Å². The maximum absolute atomic E-state index is 11.7. The van der Waals surface area contributed by atoms with E-state index in [4.69, 9.17) is 0 Å². The van der Waals surface area contributed by atoms with Crippen LogP contribution in [0.25, 0.3) is 11.4 Å². The number of rotatable bonds is 9. The fourth-order valence-corrected chi connectivity index (χ4v) is 3.51. The molecule has 1 N–H and O–H groups in total. The van der Waals surface area contributed by atoms with Crippen LogP contribution in [0.1, 0.15) is 27.7 Å². The second-order valence-electron chi connectivity index (χ2n) is 5.51. The fraction of sp³-hybridized carbons (Fsp3) is 0.500. The maximum atomic E-state index is 11.7. The monoisotopic (exact) mass is 361 g/mol. The van der Waals surface area contributed by atoms with Crippen molar-refractivity contribution in [2.75, 3.05) is 30.3 Å². The molecule has 0 spiro atoms. The van der Waals surface area contributed by atoms with Crippen molar-refractivity contribution in [3.05, 3.63) is 24.3 Å². The van der Waals surface area contributed by atoms with Gasteiger partial charge in [-0.05, 0) is 52.0 Å². The summed E-state index contributed by atoms with van der Waals surface area (Å²) in [6, 6.07) is 8.42. The molecule has 0 unspecified atom stereocenters. The van der Waals surface area contributed by atoms with Gasteiger partial charge in [-0.1, -0.05) is 11.8 Å². The number of amides is 1. The Labute approximate surface area is 154 Å². The Morgan fingerprint density at radius 3 is 2.36 bits per heavy atom. The second-order valence-corrected chi connectivity index (χ2v) is 6.45. The van der Waals surface area contributed by atoms with Gasteiger partial charge in [0.1, 0.15) is 0 Å². The lowest BCUT2D eigenvalue weighted by Gasteiger charge is -2.21. The van der Waals surface area contributed by atoms with Gasteiger partial charge in [0.05, 0.1) is 5.75 Å². The van der Waals surface area contributed by atoms with Gasteiger partial charge in [-0.3, -0.25) is 4.79 Å². The summed E-state index contributed by atoms with van der Waals surface area (Å²) in [5, 5.41) is 12.2. The Kier molecular flexibility index (Phi) is 7.31. The minimum atomic E-state index is 0.0169. The number of nitrogens with zero attached hydrogens (tertiary/aromatic N) is 4. The molecular formula is C18H27N5OS. The van der Waals surface area contributed by atoms with Gasteiger partial charge in [-0.25, -0.2) is 0 Å². The van der Waals surface area contributed by atoms with Crippen molar-refractivity contribution >= 4 is 23.4 Å². The summed E-state index contributed by atoms with van der Waals surface area (Å²) in [5.41, 5.74) is 2.25. The molecule has 0 radical (unpaired) electrons. The third kappa shape index (κ3) is 4.75. The van der Waals surface area contributed by atoms with Crippen molar-refractivity contribution in [3.8, 4) is 11.4 Å². The molecule has 1 amide bonds. The van der Waals surface area contributed by atoms with Gasteiger partial charge in [0.2, 0.25) is 5.91 Å². The third-order valence-electron chi connectivity index (χ3n) is 3.99. The van der Waals surface area contributed by atoms with Crippen molar-refractivity contribution in [2.45, 2.75) is 39.4 Å². The number of anilines is 1. The summed E-state index contributed by atoms with van der Waals surface area (Å²) < 4.78 is 2.05. The van der Waals surface area contributed by atoms with Crippen molar-refractivity contribution in [1.29, 1.82) is 0 Å². The van der Waals surface area contributed by atoms with E-state index in [0.717, 1.165) is 36.2 Å². The largest absolute Gasteiger partial charge is 0.372 e. The van der Waals surface area contributed by atoms with E-state index < -0.39 is 0 Å². The van der Waals surface area contributed by atoms with Gasteiger partial charge in [0, 0.05) is 37.4 Å².